The maximum Gasteiger partial charge on any atom is 0.395 e. The number of carbonyl (C=O) groups excluding carboxylic acids is 1. The zero-order chi connectivity index (χ0) is 13.1. The molecule has 0 spiro atoms. The van der Waals surface area contributed by atoms with Crippen molar-refractivity contribution in [3.05, 3.63) is 18.1 Å². The first kappa shape index (κ1) is 12.3. The minimum atomic E-state index is -0.560. The maximum atomic E-state index is 11.9. The Morgan fingerprint density at radius 3 is 2.74 bits per heavy atom. The van der Waals surface area contributed by atoms with Gasteiger partial charge in [-0.1, -0.05) is 0 Å². The van der Waals surface area contributed by atoms with E-state index in [2.05, 4.69) is 14.9 Å². The van der Waals surface area contributed by atoms with Crippen molar-refractivity contribution < 1.29 is 14.6 Å². The third kappa shape index (κ3) is 3.01. The molecule has 0 aromatic carbocycles. The van der Waals surface area contributed by atoms with E-state index >= 15 is 0 Å². The highest BCUT2D eigenvalue weighted by molar-refractivity contribution is 5.92. The highest BCUT2D eigenvalue weighted by Crippen LogP contribution is 2.29. The minimum Gasteiger partial charge on any atom is -0.355 e. The molecule has 3 rings (SSSR count). The molecular weight excluding hydrogens is 246 g/mol. The Morgan fingerprint density at radius 2 is 2.00 bits per heavy atom. The lowest BCUT2D eigenvalue weighted by Gasteiger charge is -2.17. The molecule has 2 fully saturated rings. The molecular formula is C13H17N3O3. The van der Waals surface area contributed by atoms with Crippen molar-refractivity contribution in [1.29, 1.82) is 0 Å². The molecule has 0 radical (unpaired) electrons. The Kier molecular flexibility index (Phi) is 3.59. The first-order valence-corrected chi connectivity index (χ1v) is 6.74. The topological polar surface area (TPSA) is 64.5 Å². The van der Waals surface area contributed by atoms with E-state index in [0.717, 1.165) is 38.8 Å². The number of carbonyl (C=O) groups is 1. The summed E-state index contributed by atoms with van der Waals surface area (Å²) in [7, 11) is 0. The van der Waals surface area contributed by atoms with Gasteiger partial charge in [0.1, 0.15) is 0 Å². The van der Waals surface area contributed by atoms with Crippen LogP contribution in [0.4, 0.5) is 5.82 Å². The number of hydrogen-bond acceptors (Lipinski definition) is 6. The van der Waals surface area contributed by atoms with Crippen LogP contribution < -0.4 is 4.90 Å². The van der Waals surface area contributed by atoms with Crippen LogP contribution in [0.1, 0.15) is 36.2 Å². The molecule has 0 bridgehead atoms. The first-order chi connectivity index (χ1) is 9.34. The van der Waals surface area contributed by atoms with Gasteiger partial charge in [0.2, 0.25) is 0 Å². The summed E-state index contributed by atoms with van der Waals surface area (Å²) in [6.07, 6.45) is 7.63. The molecule has 1 saturated carbocycles. The normalized spacial score (nSPS) is 18.6. The van der Waals surface area contributed by atoms with E-state index < -0.39 is 5.97 Å². The molecule has 6 nitrogen and oxygen atoms in total. The van der Waals surface area contributed by atoms with Crippen LogP contribution in [0, 0.1) is 5.92 Å². The Hall–Kier alpha value is -1.69. The molecule has 0 N–H and O–H groups in total. The van der Waals surface area contributed by atoms with Crippen molar-refractivity contribution in [2.75, 3.05) is 24.6 Å². The van der Waals surface area contributed by atoms with Crippen LogP contribution in [0.15, 0.2) is 12.4 Å². The summed E-state index contributed by atoms with van der Waals surface area (Å²) in [5, 5.41) is 0. The predicted molar refractivity (Wildman–Crippen MR) is 67.6 cm³/mol. The Morgan fingerprint density at radius 1 is 1.26 bits per heavy atom. The molecule has 1 aromatic heterocycles. The van der Waals surface area contributed by atoms with Gasteiger partial charge in [-0.2, -0.15) is 4.89 Å². The van der Waals surface area contributed by atoms with E-state index in [0.29, 0.717) is 18.3 Å². The molecule has 6 heteroatoms. The molecule has 2 heterocycles. The summed E-state index contributed by atoms with van der Waals surface area (Å²) in [6.45, 7) is 2.29. The van der Waals surface area contributed by atoms with E-state index in [1.165, 1.54) is 6.20 Å². The third-order valence-corrected chi connectivity index (χ3v) is 3.41. The van der Waals surface area contributed by atoms with E-state index in [9.17, 15) is 4.79 Å². The van der Waals surface area contributed by atoms with Gasteiger partial charge < -0.3 is 4.90 Å². The zero-order valence-corrected chi connectivity index (χ0v) is 10.7. The molecule has 0 unspecified atom stereocenters. The second-order valence-electron chi connectivity index (χ2n) is 5.02. The number of hydrogen-bond donors (Lipinski definition) is 0. The summed E-state index contributed by atoms with van der Waals surface area (Å²) < 4.78 is 0. The quantitative estimate of drug-likeness (QED) is 0.593. The number of rotatable bonds is 5. The fraction of sp³-hybridized carbons (Fsp3) is 0.615. The van der Waals surface area contributed by atoms with Gasteiger partial charge in [0.15, 0.2) is 11.5 Å². The van der Waals surface area contributed by atoms with Crippen LogP contribution in [-0.2, 0) is 9.78 Å². The van der Waals surface area contributed by atoms with E-state index in [-0.39, 0.29) is 5.69 Å². The van der Waals surface area contributed by atoms with Gasteiger partial charge >= 0.3 is 5.97 Å². The van der Waals surface area contributed by atoms with Crippen LogP contribution in [0.5, 0.6) is 0 Å². The van der Waals surface area contributed by atoms with Crippen molar-refractivity contribution >= 4 is 11.8 Å². The van der Waals surface area contributed by atoms with E-state index in [1.807, 2.05) is 0 Å². The van der Waals surface area contributed by atoms with Crippen molar-refractivity contribution in [3.8, 4) is 0 Å². The Labute approximate surface area is 111 Å². The van der Waals surface area contributed by atoms with Crippen molar-refractivity contribution in [2.45, 2.75) is 25.7 Å². The summed E-state index contributed by atoms with van der Waals surface area (Å²) >= 11 is 0. The van der Waals surface area contributed by atoms with Gasteiger partial charge in [-0.25, -0.2) is 14.8 Å². The van der Waals surface area contributed by atoms with Gasteiger partial charge in [0.25, 0.3) is 0 Å². The average Bonchev–Trinajstić information content (AvgIpc) is 3.10. The summed E-state index contributed by atoms with van der Waals surface area (Å²) in [4.78, 5) is 32.1. The lowest BCUT2D eigenvalue weighted by atomic mass is 10.4. The molecule has 1 aliphatic heterocycles. The molecule has 102 valence electrons. The monoisotopic (exact) mass is 263 g/mol. The van der Waals surface area contributed by atoms with Crippen LogP contribution in [-0.4, -0.2) is 35.6 Å². The molecule has 1 aromatic rings. The molecule has 19 heavy (non-hydrogen) atoms. The predicted octanol–water partition coefficient (Wildman–Crippen LogP) is 1.58. The second-order valence-corrected chi connectivity index (χ2v) is 5.02. The minimum absolute atomic E-state index is 0.236. The standard InChI is InChI=1S/C13H17N3O3/c17-13(19-18-9-10-3-4-10)11-12(15-6-5-14-11)16-7-1-2-8-16/h5-6,10H,1-4,7-9H2. The van der Waals surface area contributed by atoms with Crippen molar-refractivity contribution in [2.24, 2.45) is 5.92 Å². The lowest BCUT2D eigenvalue weighted by Crippen LogP contribution is -2.23. The van der Waals surface area contributed by atoms with Gasteiger partial charge in [0, 0.05) is 25.5 Å². The van der Waals surface area contributed by atoms with Gasteiger partial charge in [-0.15, -0.1) is 0 Å². The maximum absolute atomic E-state index is 11.9. The SMILES string of the molecule is O=C(OOCC1CC1)c1nccnc1N1CCCC1. The largest absolute Gasteiger partial charge is 0.395 e. The Bertz CT molecular complexity index is 456. The number of anilines is 1. The van der Waals surface area contributed by atoms with Gasteiger partial charge in [-0.05, 0) is 31.6 Å². The highest BCUT2D eigenvalue weighted by atomic mass is 17.2. The summed E-state index contributed by atoms with van der Waals surface area (Å²) in [6, 6.07) is 0. The van der Waals surface area contributed by atoms with E-state index in [4.69, 9.17) is 9.78 Å². The zero-order valence-electron chi connectivity index (χ0n) is 10.7. The van der Waals surface area contributed by atoms with E-state index in [1.54, 1.807) is 6.20 Å². The van der Waals surface area contributed by atoms with Crippen molar-refractivity contribution in [3.63, 3.8) is 0 Å². The fourth-order valence-corrected chi connectivity index (χ4v) is 2.14. The fourth-order valence-electron chi connectivity index (χ4n) is 2.14. The highest BCUT2D eigenvalue weighted by Gasteiger charge is 2.25. The first-order valence-electron chi connectivity index (χ1n) is 6.74. The average molecular weight is 263 g/mol. The van der Waals surface area contributed by atoms with Gasteiger partial charge in [0.05, 0.1) is 6.61 Å². The molecule has 1 saturated heterocycles. The van der Waals surface area contributed by atoms with Crippen LogP contribution in [0.2, 0.25) is 0 Å². The Balaban J connectivity index is 1.65. The number of aromatic nitrogens is 2. The smallest absolute Gasteiger partial charge is 0.355 e. The third-order valence-electron chi connectivity index (χ3n) is 3.41. The van der Waals surface area contributed by atoms with Crippen LogP contribution in [0.25, 0.3) is 0 Å². The second kappa shape index (κ2) is 5.52. The molecule has 0 amide bonds. The molecule has 0 atom stereocenters. The molecule has 2 aliphatic rings. The lowest BCUT2D eigenvalue weighted by molar-refractivity contribution is -0.243. The van der Waals surface area contributed by atoms with Crippen LogP contribution >= 0.6 is 0 Å². The molecule has 1 aliphatic carbocycles. The summed E-state index contributed by atoms with van der Waals surface area (Å²) in [5.41, 5.74) is 0.236. The van der Waals surface area contributed by atoms with Gasteiger partial charge in [-0.3, -0.25) is 4.89 Å². The number of nitrogens with zero attached hydrogens (tertiary/aromatic N) is 3. The van der Waals surface area contributed by atoms with Crippen LogP contribution in [0.3, 0.4) is 0 Å². The van der Waals surface area contributed by atoms with Crippen molar-refractivity contribution in [1.82, 2.24) is 9.97 Å². The summed E-state index contributed by atoms with van der Waals surface area (Å²) in [5.74, 6) is 0.586.